The van der Waals surface area contributed by atoms with Gasteiger partial charge < -0.3 is 0 Å². The van der Waals surface area contributed by atoms with Crippen molar-refractivity contribution in [3.63, 3.8) is 0 Å². The number of aromatic nitrogens is 1. The first-order valence-electron chi connectivity index (χ1n) is 1.68. The third-order valence-electron chi connectivity index (χ3n) is 0.560. The van der Waals surface area contributed by atoms with Crippen LogP contribution in [0.1, 0.15) is 0 Å². The summed E-state index contributed by atoms with van der Waals surface area (Å²) < 4.78 is 27.1. The van der Waals surface area contributed by atoms with E-state index in [1.165, 1.54) is 0 Å². The highest BCUT2D eigenvalue weighted by Crippen LogP contribution is 2.16. The van der Waals surface area contributed by atoms with E-state index >= 15 is 0 Å². The lowest BCUT2D eigenvalue weighted by atomic mass is 10.7. The van der Waals surface area contributed by atoms with Gasteiger partial charge in [-0.05, 0) is 34.1 Å². The summed E-state index contributed by atoms with van der Waals surface area (Å²) in [5, 5.41) is -0.553. The molecule has 5 heteroatoms. The number of halogens is 3. The molecule has 1 nitrogen and oxygen atoms in total. The molecule has 0 saturated carbocycles. The monoisotopic (exact) mass is 247 g/mol. The lowest BCUT2D eigenvalue weighted by Crippen LogP contribution is -1.74. The van der Waals surface area contributed by atoms with Crippen molar-refractivity contribution in [2.24, 2.45) is 0 Å². The van der Waals surface area contributed by atoms with Gasteiger partial charge in [0, 0.05) is 0 Å². The topological polar surface area (TPSA) is 12.9 Å². The Morgan fingerprint density at radius 1 is 1.50 bits per heavy atom. The van der Waals surface area contributed by atoms with E-state index < -0.39 is 11.1 Å². The summed E-state index contributed by atoms with van der Waals surface area (Å²) in [6.07, 6.45) is 0. The van der Waals surface area contributed by atoms with Crippen LogP contribution in [0.25, 0.3) is 0 Å². The van der Waals surface area contributed by atoms with Crippen molar-refractivity contribution in [1.82, 2.24) is 4.37 Å². The standard InChI is InChI=1S/C3F2INS/c4-2-1(6)3(5)8-7-2. The highest BCUT2D eigenvalue weighted by atomic mass is 127. The van der Waals surface area contributed by atoms with E-state index in [4.69, 9.17) is 0 Å². The lowest BCUT2D eigenvalue weighted by molar-refractivity contribution is 0.574. The second kappa shape index (κ2) is 2.22. The van der Waals surface area contributed by atoms with Crippen LogP contribution in [0.5, 0.6) is 0 Å². The second-order valence-corrected chi connectivity index (χ2v) is 2.86. The molecule has 0 spiro atoms. The van der Waals surface area contributed by atoms with Crippen LogP contribution in [0.3, 0.4) is 0 Å². The maximum Gasteiger partial charge on any atom is 0.240 e. The summed E-state index contributed by atoms with van der Waals surface area (Å²) in [5.41, 5.74) is 0. The molecule has 1 aromatic rings. The maximum atomic E-state index is 12.0. The molecule has 1 heterocycles. The molecule has 8 heavy (non-hydrogen) atoms. The van der Waals surface area contributed by atoms with Gasteiger partial charge in [0.25, 0.3) is 0 Å². The van der Waals surface area contributed by atoms with Crippen LogP contribution in [0.2, 0.25) is 0 Å². The normalized spacial score (nSPS) is 9.88. The van der Waals surface area contributed by atoms with Crippen molar-refractivity contribution in [1.29, 1.82) is 0 Å². The molecule has 0 N–H and O–H groups in total. The Labute approximate surface area is 62.0 Å². The van der Waals surface area contributed by atoms with E-state index in [9.17, 15) is 8.78 Å². The molecule has 0 aliphatic rings. The Morgan fingerprint density at radius 2 is 2.12 bits per heavy atom. The number of rotatable bonds is 0. The van der Waals surface area contributed by atoms with E-state index in [-0.39, 0.29) is 3.57 Å². The Morgan fingerprint density at radius 3 is 2.25 bits per heavy atom. The Bertz CT molecular complexity index is 180. The van der Waals surface area contributed by atoms with Crippen LogP contribution in [0, 0.1) is 14.6 Å². The molecule has 0 unspecified atom stereocenters. The number of hydrogen-bond acceptors (Lipinski definition) is 2. The average Bonchev–Trinajstić information content (AvgIpc) is 1.98. The molecule has 44 valence electrons. The van der Waals surface area contributed by atoms with E-state index in [1.54, 1.807) is 22.6 Å². The van der Waals surface area contributed by atoms with Gasteiger partial charge in [0.2, 0.25) is 11.1 Å². The zero-order valence-electron chi connectivity index (χ0n) is 3.49. The van der Waals surface area contributed by atoms with Crippen LogP contribution < -0.4 is 0 Å². The van der Waals surface area contributed by atoms with Gasteiger partial charge in [-0.1, -0.05) is 0 Å². The Balaban J connectivity index is 3.19. The van der Waals surface area contributed by atoms with Crippen LogP contribution in [0.15, 0.2) is 0 Å². The summed E-state index contributed by atoms with van der Waals surface area (Å²) in [7, 11) is 0. The van der Waals surface area contributed by atoms with Gasteiger partial charge in [0.1, 0.15) is 3.57 Å². The van der Waals surface area contributed by atoms with Crippen LogP contribution >= 0.6 is 34.1 Å². The second-order valence-electron chi connectivity index (χ2n) is 1.06. The van der Waals surface area contributed by atoms with Crippen molar-refractivity contribution in [3.8, 4) is 0 Å². The SMILES string of the molecule is Fc1nsc(F)c1I. The number of nitrogens with zero attached hydrogens (tertiary/aromatic N) is 1. The minimum Gasteiger partial charge on any atom is -0.192 e. The van der Waals surface area contributed by atoms with Gasteiger partial charge in [0.15, 0.2) is 0 Å². The van der Waals surface area contributed by atoms with Crippen molar-refractivity contribution >= 4 is 34.1 Å². The first kappa shape index (κ1) is 6.34. The lowest BCUT2D eigenvalue weighted by Gasteiger charge is -1.74. The van der Waals surface area contributed by atoms with E-state index in [2.05, 4.69) is 4.37 Å². The molecular weight excluding hydrogens is 247 g/mol. The van der Waals surface area contributed by atoms with Crippen molar-refractivity contribution in [2.45, 2.75) is 0 Å². The predicted octanol–water partition coefficient (Wildman–Crippen LogP) is 2.03. The van der Waals surface area contributed by atoms with E-state index in [0.717, 1.165) is 0 Å². The summed E-state index contributed by atoms with van der Waals surface area (Å²) in [6.45, 7) is 0. The molecule has 1 rings (SSSR count). The first-order chi connectivity index (χ1) is 3.72. The molecule has 0 aromatic carbocycles. The highest BCUT2D eigenvalue weighted by Gasteiger charge is 2.07. The van der Waals surface area contributed by atoms with Crippen molar-refractivity contribution in [2.75, 3.05) is 0 Å². The smallest absolute Gasteiger partial charge is 0.192 e. The average molecular weight is 247 g/mol. The van der Waals surface area contributed by atoms with Crippen molar-refractivity contribution in [3.05, 3.63) is 14.6 Å². The molecule has 0 atom stereocenters. The number of hydrogen-bond donors (Lipinski definition) is 0. The largest absolute Gasteiger partial charge is 0.240 e. The highest BCUT2D eigenvalue weighted by molar-refractivity contribution is 14.1. The summed E-state index contributed by atoms with van der Waals surface area (Å²) in [6, 6.07) is 0. The summed E-state index contributed by atoms with van der Waals surface area (Å²) in [4.78, 5) is 0. The van der Waals surface area contributed by atoms with Crippen LogP contribution in [-0.2, 0) is 0 Å². The van der Waals surface area contributed by atoms with Gasteiger partial charge in [-0.3, -0.25) is 0 Å². The van der Waals surface area contributed by atoms with Gasteiger partial charge in [-0.15, -0.1) is 0 Å². The van der Waals surface area contributed by atoms with Gasteiger partial charge in [-0.25, -0.2) is 0 Å². The first-order valence-corrected chi connectivity index (χ1v) is 3.53. The third kappa shape index (κ3) is 0.970. The summed E-state index contributed by atoms with van der Waals surface area (Å²) in [5.74, 6) is -0.715. The Hall–Kier alpha value is 0.220. The van der Waals surface area contributed by atoms with E-state index in [0.29, 0.717) is 11.5 Å². The molecule has 1 aromatic heterocycles. The predicted molar refractivity (Wildman–Crippen MR) is 34.7 cm³/mol. The molecule has 0 amide bonds. The molecule has 0 radical (unpaired) electrons. The Kier molecular flexibility index (Phi) is 1.76. The quantitative estimate of drug-likeness (QED) is 0.639. The fraction of sp³-hybridized carbons (Fsp3) is 0. The van der Waals surface area contributed by atoms with Crippen LogP contribution in [-0.4, -0.2) is 4.37 Å². The molecule has 0 aliphatic heterocycles. The van der Waals surface area contributed by atoms with Gasteiger partial charge >= 0.3 is 0 Å². The molecule has 0 aliphatic carbocycles. The van der Waals surface area contributed by atoms with Gasteiger partial charge in [-0.2, -0.15) is 13.2 Å². The molecule has 0 bridgehead atoms. The fourth-order valence-electron chi connectivity index (χ4n) is 0.241. The summed E-state index contributed by atoms with van der Waals surface area (Å²) >= 11 is 2.09. The van der Waals surface area contributed by atoms with Crippen LogP contribution in [0.4, 0.5) is 8.78 Å². The third-order valence-corrected chi connectivity index (χ3v) is 2.46. The molecule has 0 fully saturated rings. The van der Waals surface area contributed by atoms with E-state index in [1.807, 2.05) is 0 Å². The fourth-order valence-corrected chi connectivity index (χ4v) is 1.24. The van der Waals surface area contributed by atoms with Crippen molar-refractivity contribution < 1.29 is 8.78 Å². The minimum atomic E-state index is -0.715. The minimum absolute atomic E-state index is 0.0207. The zero-order chi connectivity index (χ0) is 6.15. The van der Waals surface area contributed by atoms with Gasteiger partial charge in [0.05, 0.1) is 0 Å². The molecular formula is C3F2INS. The maximum absolute atomic E-state index is 12.0. The molecule has 0 saturated heterocycles. The zero-order valence-corrected chi connectivity index (χ0v) is 6.46.